The summed E-state index contributed by atoms with van der Waals surface area (Å²) in [5.41, 5.74) is 0.482. The first-order chi connectivity index (χ1) is 8.54. The van der Waals surface area contributed by atoms with Crippen molar-refractivity contribution in [2.75, 3.05) is 6.54 Å². The van der Waals surface area contributed by atoms with Crippen molar-refractivity contribution in [1.82, 2.24) is 15.6 Å². The lowest BCUT2D eigenvalue weighted by molar-refractivity contribution is 0.0701. The van der Waals surface area contributed by atoms with Crippen LogP contribution >= 0.6 is 11.3 Å². The average molecular weight is 271 g/mol. The molecule has 18 heavy (non-hydrogen) atoms. The van der Waals surface area contributed by atoms with Crippen LogP contribution in [0.3, 0.4) is 0 Å². The molecule has 0 spiro atoms. The third-order valence-electron chi connectivity index (χ3n) is 2.25. The molecule has 0 fully saturated rings. The van der Waals surface area contributed by atoms with Gasteiger partial charge < -0.3 is 15.7 Å². The summed E-state index contributed by atoms with van der Waals surface area (Å²) in [6.07, 6.45) is 1.96. The molecule has 0 aromatic carbocycles. The summed E-state index contributed by atoms with van der Waals surface area (Å²) in [5, 5.41) is 14.8. The quantitative estimate of drug-likeness (QED) is 0.687. The molecule has 100 valence electrons. The highest BCUT2D eigenvalue weighted by Gasteiger charge is 2.14. The highest BCUT2D eigenvalue weighted by atomic mass is 32.1. The molecule has 0 radical (unpaired) electrons. The topological polar surface area (TPSA) is 91.3 Å². The smallest absolute Gasteiger partial charge is 0.347 e. The maximum absolute atomic E-state index is 11.4. The van der Waals surface area contributed by atoms with Gasteiger partial charge in [-0.2, -0.15) is 0 Å². The van der Waals surface area contributed by atoms with Crippen LogP contribution in [0.1, 0.15) is 40.1 Å². The van der Waals surface area contributed by atoms with Crippen LogP contribution in [0.25, 0.3) is 0 Å². The predicted molar refractivity (Wildman–Crippen MR) is 69.0 cm³/mol. The van der Waals surface area contributed by atoms with Gasteiger partial charge in [0.1, 0.15) is 9.88 Å². The predicted octanol–water partition coefficient (Wildman–Crippen LogP) is 1.75. The lowest BCUT2D eigenvalue weighted by atomic mass is 10.3. The molecular formula is C11H17N3O3S. The van der Waals surface area contributed by atoms with E-state index in [1.807, 2.05) is 6.92 Å². The number of nitrogens with one attached hydrogen (secondary N) is 2. The van der Waals surface area contributed by atoms with Crippen LogP contribution in [-0.2, 0) is 6.54 Å². The van der Waals surface area contributed by atoms with E-state index < -0.39 is 5.97 Å². The summed E-state index contributed by atoms with van der Waals surface area (Å²) in [4.78, 5) is 26.5. The molecule has 7 heteroatoms. The van der Waals surface area contributed by atoms with Crippen molar-refractivity contribution < 1.29 is 14.7 Å². The molecule has 6 nitrogen and oxygen atoms in total. The van der Waals surface area contributed by atoms with Gasteiger partial charge in [-0.1, -0.05) is 13.3 Å². The third kappa shape index (κ3) is 4.33. The van der Waals surface area contributed by atoms with Gasteiger partial charge in [-0.15, -0.1) is 11.3 Å². The van der Waals surface area contributed by atoms with Crippen LogP contribution in [0, 0.1) is 6.92 Å². The zero-order chi connectivity index (χ0) is 13.5. The third-order valence-corrected chi connectivity index (χ3v) is 3.40. The van der Waals surface area contributed by atoms with Gasteiger partial charge in [-0.3, -0.25) is 0 Å². The Hall–Kier alpha value is -1.63. The number of aromatic carboxylic acids is 1. The van der Waals surface area contributed by atoms with E-state index in [0.717, 1.165) is 24.2 Å². The Bertz CT molecular complexity index is 431. The maximum atomic E-state index is 11.4. The fraction of sp³-hybridized carbons (Fsp3) is 0.545. The number of rotatable bonds is 6. The van der Waals surface area contributed by atoms with Gasteiger partial charge in [-0.25, -0.2) is 14.6 Å². The Labute approximate surface area is 109 Å². The Morgan fingerprint density at radius 3 is 2.67 bits per heavy atom. The fourth-order valence-electron chi connectivity index (χ4n) is 1.32. The number of urea groups is 1. The number of nitrogens with zero attached hydrogens (tertiary/aromatic N) is 1. The molecule has 0 atom stereocenters. The van der Waals surface area contributed by atoms with Gasteiger partial charge in [0.25, 0.3) is 0 Å². The number of amides is 2. The second-order valence-corrected chi connectivity index (χ2v) is 4.87. The van der Waals surface area contributed by atoms with Gasteiger partial charge in [0.05, 0.1) is 12.2 Å². The molecule has 0 unspecified atom stereocenters. The molecule has 3 N–H and O–H groups in total. The molecule has 0 bridgehead atoms. The number of carbonyl (C=O) groups is 2. The molecular weight excluding hydrogens is 254 g/mol. The molecule has 1 rings (SSSR count). The van der Waals surface area contributed by atoms with Crippen molar-refractivity contribution >= 4 is 23.3 Å². The van der Waals surface area contributed by atoms with Crippen molar-refractivity contribution in [2.45, 2.75) is 33.2 Å². The molecule has 0 saturated carbocycles. The van der Waals surface area contributed by atoms with Crippen molar-refractivity contribution in [3.63, 3.8) is 0 Å². The first kappa shape index (κ1) is 14.4. The summed E-state index contributed by atoms with van der Waals surface area (Å²) in [5.74, 6) is -0.983. The lowest BCUT2D eigenvalue weighted by Gasteiger charge is -2.04. The van der Waals surface area contributed by atoms with E-state index in [0.29, 0.717) is 17.2 Å². The summed E-state index contributed by atoms with van der Waals surface area (Å²) in [6.45, 7) is 4.58. The lowest BCUT2D eigenvalue weighted by Crippen LogP contribution is -2.35. The number of aryl methyl sites for hydroxylation is 1. The van der Waals surface area contributed by atoms with Crippen LogP contribution in [0.15, 0.2) is 0 Å². The van der Waals surface area contributed by atoms with E-state index in [1.54, 1.807) is 6.92 Å². The van der Waals surface area contributed by atoms with Gasteiger partial charge in [-0.05, 0) is 13.3 Å². The van der Waals surface area contributed by atoms with Gasteiger partial charge >= 0.3 is 12.0 Å². The number of carbonyl (C=O) groups excluding carboxylic acids is 1. The second kappa shape index (κ2) is 6.95. The molecule has 0 aliphatic rings. The Balaban J connectivity index is 2.41. The van der Waals surface area contributed by atoms with Crippen LogP contribution in [0.4, 0.5) is 4.79 Å². The fourth-order valence-corrected chi connectivity index (χ4v) is 2.17. The van der Waals surface area contributed by atoms with Crippen molar-refractivity contribution in [3.05, 3.63) is 15.6 Å². The summed E-state index contributed by atoms with van der Waals surface area (Å²) < 4.78 is 0. The van der Waals surface area contributed by atoms with E-state index in [9.17, 15) is 9.59 Å². The minimum Gasteiger partial charge on any atom is -0.477 e. The molecule has 0 aliphatic heterocycles. The Morgan fingerprint density at radius 2 is 2.11 bits per heavy atom. The van der Waals surface area contributed by atoms with E-state index in [-0.39, 0.29) is 17.5 Å². The zero-order valence-electron chi connectivity index (χ0n) is 10.4. The summed E-state index contributed by atoms with van der Waals surface area (Å²) in [6, 6.07) is -0.256. The highest BCUT2D eigenvalue weighted by molar-refractivity contribution is 7.13. The van der Waals surface area contributed by atoms with E-state index in [4.69, 9.17) is 5.11 Å². The maximum Gasteiger partial charge on any atom is 0.347 e. The number of aromatic nitrogens is 1. The molecule has 1 aromatic rings. The minimum absolute atomic E-state index is 0.221. The number of hydrogen-bond donors (Lipinski definition) is 3. The van der Waals surface area contributed by atoms with Crippen LogP contribution in [0.2, 0.25) is 0 Å². The van der Waals surface area contributed by atoms with E-state index in [2.05, 4.69) is 15.6 Å². The van der Waals surface area contributed by atoms with Gasteiger partial charge in [0, 0.05) is 6.54 Å². The normalized spacial score (nSPS) is 10.1. The van der Waals surface area contributed by atoms with Crippen LogP contribution in [-0.4, -0.2) is 28.6 Å². The van der Waals surface area contributed by atoms with Crippen molar-refractivity contribution in [3.8, 4) is 0 Å². The number of carboxylic acid groups (broad SMARTS) is 1. The summed E-state index contributed by atoms with van der Waals surface area (Å²) in [7, 11) is 0. The average Bonchev–Trinajstić information content (AvgIpc) is 2.68. The zero-order valence-corrected chi connectivity index (χ0v) is 11.3. The molecule has 0 saturated heterocycles. The largest absolute Gasteiger partial charge is 0.477 e. The number of thiazole rings is 1. The minimum atomic E-state index is -0.983. The van der Waals surface area contributed by atoms with Crippen molar-refractivity contribution in [1.29, 1.82) is 0 Å². The monoisotopic (exact) mass is 271 g/mol. The standard InChI is InChI=1S/C11H17N3O3S/c1-3-4-5-12-11(17)13-6-8-14-7(2)9(18-8)10(15)16/h3-6H2,1-2H3,(H,15,16)(H2,12,13,17). The summed E-state index contributed by atoms with van der Waals surface area (Å²) >= 11 is 1.08. The first-order valence-corrected chi connectivity index (χ1v) is 6.57. The SMILES string of the molecule is CCCCNC(=O)NCc1nc(C)c(C(=O)O)s1. The Morgan fingerprint density at radius 1 is 1.39 bits per heavy atom. The van der Waals surface area contributed by atoms with Crippen LogP contribution < -0.4 is 10.6 Å². The van der Waals surface area contributed by atoms with E-state index >= 15 is 0 Å². The molecule has 1 aromatic heterocycles. The first-order valence-electron chi connectivity index (χ1n) is 5.76. The molecule has 2 amide bonds. The number of carboxylic acids is 1. The number of hydrogen-bond acceptors (Lipinski definition) is 4. The highest BCUT2D eigenvalue weighted by Crippen LogP contribution is 2.17. The second-order valence-electron chi connectivity index (χ2n) is 3.79. The Kier molecular flexibility index (Phi) is 5.57. The van der Waals surface area contributed by atoms with Gasteiger partial charge in [0.2, 0.25) is 0 Å². The van der Waals surface area contributed by atoms with Crippen LogP contribution in [0.5, 0.6) is 0 Å². The van der Waals surface area contributed by atoms with E-state index in [1.165, 1.54) is 0 Å². The van der Waals surface area contributed by atoms with Crippen molar-refractivity contribution in [2.24, 2.45) is 0 Å². The van der Waals surface area contributed by atoms with Gasteiger partial charge in [0.15, 0.2) is 0 Å². The molecule has 1 heterocycles. The molecule has 0 aliphatic carbocycles. The number of unbranched alkanes of at least 4 members (excludes halogenated alkanes) is 1.